The molecule has 120 valence electrons. The Labute approximate surface area is 138 Å². The second-order valence-corrected chi connectivity index (χ2v) is 6.49. The Morgan fingerprint density at radius 1 is 1.26 bits per heavy atom. The number of ether oxygens (including phenoxy) is 1. The Kier molecular flexibility index (Phi) is 5.12. The minimum atomic E-state index is -0.213. The maximum Gasteiger partial charge on any atom is 0.235 e. The second-order valence-electron chi connectivity index (χ2n) is 5.18. The fourth-order valence-corrected chi connectivity index (χ4v) is 3.36. The van der Waals surface area contributed by atoms with E-state index in [-0.39, 0.29) is 16.7 Å². The number of thioether (sulfide) groups is 1. The molecule has 1 amide bonds. The van der Waals surface area contributed by atoms with Gasteiger partial charge >= 0.3 is 0 Å². The molecule has 2 heterocycles. The van der Waals surface area contributed by atoms with Crippen LogP contribution in [0.2, 0.25) is 0 Å². The lowest BCUT2D eigenvalue weighted by Crippen LogP contribution is -2.41. The fourth-order valence-electron chi connectivity index (χ4n) is 2.29. The molecule has 7 heteroatoms. The van der Waals surface area contributed by atoms with Gasteiger partial charge in [0, 0.05) is 18.0 Å². The molecule has 0 aliphatic carbocycles. The number of hydrogen-bond acceptors (Lipinski definition) is 6. The van der Waals surface area contributed by atoms with Gasteiger partial charge in [0.25, 0.3) is 0 Å². The molecule has 3 rings (SSSR count). The molecule has 1 aromatic carbocycles. The highest BCUT2D eigenvalue weighted by Crippen LogP contribution is 2.25. The van der Waals surface area contributed by atoms with E-state index in [9.17, 15) is 4.79 Å². The number of carbonyl (C=O) groups excluding carboxylic acids is 1. The summed E-state index contributed by atoms with van der Waals surface area (Å²) in [6.45, 7) is 0.484. The maximum atomic E-state index is 11.8. The van der Waals surface area contributed by atoms with Crippen LogP contribution in [-0.4, -0.2) is 21.6 Å². The first-order chi connectivity index (χ1) is 11.2. The molecule has 1 aliphatic rings. The van der Waals surface area contributed by atoms with Crippen LogP contribution in [0.5, 0.6) is 5.75 Å². The molecule has 4 N–H and O–H groups in total. The molecule has 0 bridgehead atoms. The standard InChI is InChI=1S/C16H18N4O2S/c17-20-16-19-15(21)14(23-16)8-11-3-5-13(6-4-11)22-10-12-2-1-7-18-9-12/h1-7,9,14,16,20H,8,10,17H2,(H,19,21). The molecule has 2 aromatic rings. The topological polar surface area (TPSA) is 89.3 Å². The van der Waals surface area contributed by atoms with Crippen LogP contribution >= 0.6 is 11.8 Å². The van der Waals surface area contributed by atoms with Gasteiger partial charge in [-0.3, -0.25) is 15.6 Å². The number of nitrogens with one attached hydrogen (secondary N) is 2. The molecular weight excluding hydrogens is 312 g/mol. The van der Waals surface area contributed by atoms with E-state index in [1.807, 2.05) is 36.4 Å². The summed E-state index contributed by atoms with van der Waals surface area (Å²) in [5, 5.41) is 2.65. The van der Waals surface area contributed by atoms with Crippen molar-refractivity contribution < 1.29 is 9.53 Å². The van der Waals surface area contributed by atoms with Crippen LogP contribution in [0, 0.1) is 0 Å². The van der Waals surface area contributed by atoms with Gasteiger partial charge in [0.15, 0.2) is 0 Å². The predicted octanol–water partition coefficient (Wildman–Crippen LogP) is 1.18. The minimum Gasteiger partial charge on any atom is -0.489 e. The van der Waals surface area contributed by atoms with Crippen molar-refractivity contribution in [2.45, 2.75) is 23.8 Å². The number of benzene rings is 1. The lowest BCUT2D eigenvalue weighted by atomic mass is 10.1. The van der Waals surface area contributed by atoms with Crippen molar-refractivity contribution in [3.63, 3.8) is 0 Å². The normalized spacial score (nSPS) is 20.3. The molecule has 1 aliphatic heterocycles. The fraction of sp³-hybridized carbons (Fsp3) is 0.250. The average Bonchev–Trinajstić information content (AvgIpc) is 2.95. The molecule has 0 radical (unpaired) electrons. The van der Waals surface area contributed by atoms with Gasteiger partial charge < -0.3 is 10.1 Å². The summed E-state index contributed by atoms with van der Waals surface area (Å²) in [6.07, 6.45) is 4.18. The van der Waals surface area contributed by atoms with Gasteiger partial charge in [0.05, 0.1) is 5.25 Å². The molecule has 1 aromatic heterocycles. The zero-order valence-corrected chi connectivity index (χ0v) is 13.3. The molecule has 2 unspecified atom stereocenters. The van der Waals surface area contributed by atoms with Crippen LogP contribution in [0.25, 0.3) is 0 Å². The summed E-state index contributed by atoms with van der Waals surface area (Å²) < 4.78 is 5.72. The van der Waals surface area contributed by atoms with Crippen molar-refractivity contribution in [2.24, 2.45) is 5.84 Å². The quantitative estimate of drug-likeness (QED) is 0.544. The average molecular weight is 330 g/mol. The monoisotopic (exact) mass is 330 g/mol. The molecule has 1 saturated heterocycles. The summed E-state index contributed by atoms with van der Waals surface area (Å²) in [5.74, 6) is 6.15. The zero-order valence-electron chi connectivity index (χ0n) is 12.4. The number of hydrogen-bond donors (Lipinski definition) is 3. The van der Waals surface area contributed by atoms with Crippen LogP contribution in [0.4, 0.5) is 0 Å². The summed E-state index contributed by atoms with van der Waals surface area (Å²) in [6, 6.07) is 11.7. The van der Waals surface area contributed by atoms with Crippen LogP contribution < -0.4 is 21.3 Å². The molecule has 1 fully saturated rings. The van der Waals surface area contributed by atoms with E-state index in [1.54, 1.807) is 12.4 Å². The maximum absolute atomic E-state index is 11.8. The van der Waals surface area contributed by atoms with E-state index in [4.69, 9.17) is 10.6 Å². The van der Waals surface area contributed by atoms with E-state index in [0.717, 1.165) is 16.9 Å². The van der Waals surface area contributed by atoms with E-state index in [1.165, 1.54) is 11.8 Å². The first kappa shape index (κ1) is 15.8. The van der Waals surface area contributed by atoms with Crippen LogP contribution in [0.3, 0.4) is 0 Å². The molecule has 23 heavy (non-hydrogen) atoms. The number of pyridine rings is 1. The molecule has 0 spiro atoms. The first-order valence-electron chi connectivity index (χ1n) is 7.27. The van der Waals surface area contributed by atoms with Gasteiger partial charge in [0.1, 0.15) is 17.9 Å². The smallest absolute Gasteiger partial charge is 0.235 e. The van der Waals surface area contributed by atoms with Gasteiger partial charge in [-0.15, -0.1) is 11.8 Å². The predicted molar refractivity (Wildman–Crippen MR) is 89.3 cm³/mol. The lowest BCUT2D eigenvalue weighted by molar-refractivity contribution is -0.120. The van der Waals surface area contributed by atoms with Crippen molar-refractivity contribution in [3.8, 4) is 5.75 Å². The van der Waals surface area contributed by atoms with Crippen LogP contribution in [-0.2, 0) is 17.8 Å². The second kappa shape index (κ2) is 7.45. The van der Waals surface area contributed by atoms with Crippen molar-refractivity contribution >= 4 is 17.7 Å². The summed E-state index contributed by atoms with van der Waals surface area (Å²) in [7, 11) is 0. The SMILES string of the molecule is NNC1NC(=O)C(Cc2ccc(OCc3cccnc3)cc2)S1. The molecule has 6 nitrogen and oxygen atoms in total. The van der Waals surface area contributed by atoms with E-state index in [2.05, 4.69) is 15.7 Å². The van der Waals surface area contributed by atoms with Crippen LogP contribution in [0.1, 0.15) is 11.1 Å². The van der Waals surface area contributed by atoms with Gasteiger partial charge in [0.2, 0.25) is 5.91 Å². The van der Waals surface area contributed by atoms with E-state index in [0.29, 0.717) is 13.0 Å². The van der Waals surface area contributed by atoms with E-state index >= 15 is 0 Å². The lowest BCUT2D eigenvalue weighted by Gasteiger charge is -2.09. The third kappa shape index (κ3) is 4.22. The number of aromatic nitrogens is 1. The number of rotatable bonds is 6. The zero-order chi connectivity index (χ0) is 16.1. The summed E-state index contributed by atoms with van der Waals surface area (Å²) in [4.78, 5) is 15.9. The van der Waals surface area contributed by atoms with Crippen molar-refractivity contribution in [1.29, 1.82) is 0 Å². The van der Waals surface area contributed by atoms with Crippen molar-refractivity contribution in [3.05, 3.63) is 59.9 Å². The summed E-state index contributed by atoms with van der Waals surface area (Å²) in [5.41, 5.74) is 4.46. The van der Waals surface area contributed by atoms with Crippen molar-refractivity contribution in [1.82, 2.24) is 15.7 Å². The van der Waals surface area contributed by atoms with Gasteiger partial charge in [-0.2, -0.15) is 0 Å². The van der Waals surface area contributed by atoms with Crippen LogP contribution in [0.15, 0.2) is 48.8 Å². The number of nitrogens with zero attached hydrogens (tertiary/aromatic N) is 1. The number of amides is 1. The molecule has 0 saturated carbocycles. The minimum absolute atomic E-state index is 0.00912. The van der Waals surface area contributed by atoms with Gasteiger partial charge in [-0.1, -0.05) is 18.2 Å². The van der Waals surface area contributed by atoms with E-state index < -0.39 is 0 Å². The number of hydrazine groups is 1. The third-order valence-corrected chi connectivity index (χ3v) is 4.73. The van der Waals surface area contributed by atoms with Gasteiger partial charge in [-0.05, 0) is 30.2 Å². The highest BCUT2D eigenvalue weighted by Gasteiger charge is 2.31. The molecular formula is C16H18N4O2S. The Bertz CT molecular complexity index is 651. The Morgan fingerprint density at radius 2 is 2.09 bits per heavy atom. The van der Waals surface area contributed by atoms with Gasteiger partial charge in [-0.25, -0.2) is 5.43 Å². The molecule has 2 atom stereocenters. The largest absolute Gasteiger partial charge is 0.489 e. The number of carbonyl (C=O) groups is 1. The highest BCUT2D eigenvalue weighted by atomic mass is 32.2. The third-order valence-electron chi connectivity index (χ3n) is 3.49. The number of nitrogens with two attached hydrogens (primary N) is 1. The Balaban J connectivity index is 1.54. The highest BCUT2D eigenvalue weighted by molar-refractivity contribution is 8.01. The Hall–Kier alpha value is -2.09. The first-order valence-corrected chi connectivity index (χ1v) is 8.21. The summed E-state index contributed by atoms with van der Waals surface area (Å²) >= 11 is 1.49. The Morgan fingerprint density at radius 3 is 2.74 bits per heavy atom. The van der Waals surface area contributed by atoms with Crippen molar-refractivity contribution in [2.75, 3.05) is 0 Å².